The van der Waals surface area contributed by atoms with Crippen LogP contribution in [0.4, 0.5) is 44.5 Å². The molecule has 0 atom stereocenters. The van der Waals surface area contributed by atoms with Crippen molar-refractivity contribution in [1.82, 2.24) is 48.2 Å². The Morgan fingerprint density at radius 2 is 1.02 bits per heavy atom. The second kappa shape index (κ2) is 42.5. The number of carbonyl (C=O) groups excluding carboxylic acids is 4. The third-order valence-electron chi connectivity index (χ3n) is 15.4. The summed E-state index contributed by atoms with van der Waals surface area (Å²) in [5, 5.41) is 58.1. The van der Waals surface area contributed by atoms with Gasteiger partial charge < -0.3 is 48.2 Å². The number of hydrogen-bond acceptors (Lipinski definition) is 23. The number of rotatable bonds is 21. The first kappa shape index (κ1) is 87.5. The van der Waals surface area contributed by atoms with Crippen molar-refractivity contribution in [2.75, 3.05) is 32.0 Å². The minimum Gasteiger partial charge on any atom is -0.478 e. The molecule has 0 saturated heterocycles. The molecule has 0 saturated carbocycles. The van der Waals surface area contributed by atoms with Gasteiger partial charge in [-0.25, -0.2) is 48.7 Å². The highest BCUT2D eigenvalue weighted by atomic mass is 79.9. The first-order valence-electron chi connectivity index (χ1n) is 33.6. The number of aliphatic carboxylic acids is 1. The fourth-order valence-corrected chi connectivity index (χ4v) is 10.8. The van der Waals surface area contributed by atoms with Crippen molar-refractivity contribution in [2.45, 2.75) is 47.5 Å². The summed E-state index contributed by atoms with van der Waals surface area (Å²) in [4.78, 5) is 123. The average Bonchev–Trinajstić information content (AvgIpc) is 1.83. The number of benzene rings is 7. The molecule has 115 heavy (non-hydrogen) atoms. The summed E-state index contributed by atoms with van der Waals surface area (Å²) in [6.45, 7) is 12.5. The van der Waals surface area contributed by atoms with E-state index in [0.717, 1.165) is 69.6 Å². The van der Waals surface area contributed by atoms with Crippen molar-refractivity contribution in [2.24, 2.45) is 0 Å². The van der Waals surface area contributed by atoms with Gasteiger partial charge >= 0.3 is 23.9 Å². The monoisotopic (exact) mass is 1690 g/mol. The summed E-state index contributed by atoms with van der Waals surface area (Å²) in [7, 11) is 3.89. The van der Waals surface area contributed by atoms with Crippen molar-refractivity contribution in [3.05, 3.63) is 333 Å². The molecule has 0 radical (unpaired) electrons. The molecule has 0 aliphatic rings. The molecule has 590 valence electrons. The van der Waals surface area contributed by atoms with Gasteiger partial charge in [-0.3, -0.25) is 50.0 Å². The highest BCUT2D eigenvalue weighted by Gasteiger charge is 2.17. The maximum absolute atomic E-state index is 13.3. The smallest absolute Gasteiger partial charge is 0.330 e. The van der Waals surface area contributed by atoms with Gasteiger partial charge in [0.1, 0.15) is 5.82 Å². The standard InChI is InChI=1S/C31H26N6O3.C14H15N3O4.C14H13N3O4.C10H8BrN3O2.C6H3BrFNO2.C4H6O2/c1-20-8-10-24(16-28(20)36-31-32-13-12-27(35-31)23-6-4-3-5-7-23)30(40)34-25-14-22(9-11-29(38)39)15-26(17-25)37-18-21(2)33-19-37;2*1-10-8-16(9-15-10)12-5-11(3-4-14(18)21-2)6-13(7-12)17(19)20;1-7-5-13(6-12-7)9-2-8(11)3-10(4-9)14(15)16;7-4-1-5(8)3-6(2-4)9(10)11;1-3-4(5)6-2/h3-19H,1-2H3,(H,34,40)(H,38,39)(H,32,35,36);5-9H,3-4H2,1-2H3;3-9H,1-2H3;2-6H,1H3;1-3H;3H,1H2,2H3/b11-9+;;4-3+;;;. The van der Waals surface area contributed by atoms with E-state index in [-0.39, 0.29) is 41.0 Å². The fraction of sp³-hybridized carbons (Fsp3) is 0.127. The molecule has 0 aliphatic heterocycles. The van der Waals surface area contributed by atoms with Crippen LogP contribution in [0.1, 0.15) is 61.8 Å². The molecule has 0 bridgehead atoms. The number of carboxylic acid groups (broad SMARTS) is 1. The van der Waals surface area contributed by atoms with E-state index >= 15 is 0 Å². The van der Waals surface area contributed by atoms with Crippen LogP contribution in [0.5, 0.6) is 0 Å². The lowest BCUT2D eigenvalue weighted by atomic mass is 10.1. The molecule has 5 heterocycles. The van der Waals surface area contributed by atoms with E-state index in [2.05, 4.69) is 93.2 Å². The van der Waals surface area contributed by atoms with Gasteiger partial charge in [-0.2, -0.15) is 0 Å². The van der Waals surface area contributed by atoms with E-state index in [4.69, 9.17) is 5.11 Å². The molecule has 0 spiro atoms. The maximum atomic E-state index is 13.3. The molecule has 3 N–H and O–H groups in total. The van der Waals surface area contributed by atoms with Gasteiger partial charge in [0.05, 0.1) is 118 Å². The van der Waals surface area contributed by atoms with Gasteiger partial charge in [0, 0.05) is 135 Å². The molecule has 33 nitrogen and oxygen atoms in total. The number of nitrogens with one attached hydrogen (secondary N) is 2. The highest BCUT2D eigenvalue weighted by Crippen LogP contribution is 2.29. The van der Waals surface area contributed by atoms with E-state index in [9.17, 15) is 68.8 Å². The minimum absolute atomic E-state index is 0.0151. The van der Waals surface area contributed by atoms with Crippen LogP contribution in [-0.4, -0.2) is 124 Å². The zero-order valence-corrected chi connectivity index (χ0v) is 65.6. The molecule has 36 heteroatoms. The van der Waals surface area contributed by atoms with Gasteiger partial charge in [0.25, 0.3) is 28.7 Å². The Hall–Kier alpha value is -14.7. The predicted octanol–water partition coefficient (Wildman–Crippen LogP) is 16.2. The number of methoxy groups -OCH3 is 3. The number of nitro groups is 4. The number of carboxylic acids is 1. The van der Waals surface area contributed by atoms with E-state index in [0.29, 0.717) is 72.0 Å². The van der Waals surface area contributed by atoms with E-state index < -0.39 is 43.4 Å². The van der Waals surface area contributed by atoms with Crippen LogP contribution in [0.25, 0.3) is 46.2 Å². The van der Waals surface area contributed by atoms with Crippen molar-refractivity contribution >= 4 is 114 Å². The van der Waals surface area contributed by atoms with Crippen LogP contribution in [-0.2, 0) is 39.8 Å². The number of aromatic nitrogens is 10. The third kappa shape index (κ3) is 28.0. The molecular weight excluding hydrogens is 1620 g/mol. The maximum Gasteiger partial charge on any atom is 0.330 e. The summed E-state index contributed by atoms with van der Waals surface area (Å²) in [6, 6.07) is 39.6. The highest BCUT2D eigenvalue weighted by molar-refractivity contribution is 9.10. The quantitative estimate of drug-likeness (QED) is 0.0198. The number of imidazole rings is 4. The topological polar surface area (TPSA) is 427 Å². The van der Waals surface area contributed by atoms with Gasteiger partial charge in [0.15, 0.2) is 0 Å². The molecule has 12 rings (SSSR count). The molecule has 1 amide bonds. The van der Waals surface area contributed by atoms with Crippen molar-refractivity contribution in [3.8, 4) is 34.0 Å². The Bertz CT molecular complexity index is 5590. The number of non-ortho nitro benzene ring substituents is 4. The molecular formula is C79H71Br2FN16O17. The van der Waals surface area contributed by atoms with Gasteiger partial charge in [-0.1, -0.05) is 74.8 Å². The lowest BCUT2D eigenvalue weighted by molar-refractivity contribution is -0.385. The van der Waals surface area contributed by atoms with Gasteiger partial charge in [0.2, 0.25) is 5.95 Å². The van der Waals surface area contributed by atoms with Crippen LogP contribution in [0.15, 0.2) is 236 Å². The summed E-state index contributed by atoms with van der Waals surface area (Å²) in [5.74, 6) is -2.86. The molecule has 0 fully saturated rings. The van der Waals surface area contributed by atoms with E-state index in [1.807, 2.05) is 95.5 Å². The normalized spacial score (nSPS) is 10.4. The first-order valence-corrected chi connectivity index (χ1v) is 35.2. The Labute approximate surface area is 671 Å². The predicted molar refractivity (Wildman–Crippen MR) is 432 cm³/mol. The van der Waals surface area contributed by atoms with Crippen LogP contribution < -0.4 is 10.6 Å². The van der Waals surface area contributed by atoms with Crippen LogP contribution in [0.2, 0.25) is 0 Å². The number of esters is 3. The Kier molecular flexibility index (Phi) is 32.3. The van der Waals surface area contributed by atoms with Gasteiger partial charge in [-0.15, -0.1) is 0 Å². The number of hydrogen-bond donors (Lipinski definition) is 3. The number of aryl methyl sites for hydroxylation is 6. The van der Waals surface area contributed by atoms with Crippen molar-refractivity contribution in [3.63, 3.8) is 0 Å². The Morgan fingerprint density at radius 3 is 1.50 bits per heavy atom. The Morgan fingerprint density at radius 1 is 0.539 bits per heavy atom. The number of anilines is 3. The number of ether oxygens (including phenoxy) is 3. The van der Waals surface area contributed by atoms with Gasteiger partial charge in [-0.05, 0) is 136 Å². The largest absolute Gasteiger partial charge is 0.478 e. The molecule has 0 aliphatic carbocycles. The SMILES string of the molecule is C=CC(=O)OC.COC(=O)/C=C/c1cc(-n2cnc(C)c2)cc([N+](=O)[O-])c1.COC(=O)CCc1cc(-n2cnc(C)c2)cc([N+](=O)[O-])c1.Cc1cn(-c2cc(/C=C/C(=O)O)cc(NC(=O)c3ccc(C)c(Nc4nccc(-c5ccccc5)n4)c3)c2)cn1.Cc1cn(-c2cc(Br)cc([N+](=O)[O-])c2)cn1.O=[N+]([O-])c1cc(F)cc(Br)c1. The molecule has 0 unspecified atom stereocenters. The van der Waals surface area contributed by atoms with Crippen molar-refractivity contribution in [1.29, 1.82) is 0 Å². The summed E-state index contributed by atoms with van der Waals surface area (Å²) < 4.78 is 33.6. The third-order valence-corrected chi connectivity index (χ3v) is 16.3. The fourth-order valence-electron chi connectivity index (χ4n) is 9.93. The number of nitro benzene ring substituents is 4. The van der Waals surface area contributed by atoms with E-state index in [1.165, 1.54) is 82.0 Å². The van der Waals surface area contributed by atoms with Crippen LogP contribution >= 0.6 is 31.9 Å². The lowest BCUT2D eigenvalue weighted by Gasteiger charge is -2.13. The molecule has 7 aromatic carbocycles. The Balaban J connectivity index is 0.000000208. The van der Waals surface area contributed by atoms with E-state index in [1.54, 1.807) is 105 Å². The lowest BCUT2D eigenvalue weighted by Crippen LogP contribution is -2.13. The first-order chi connectivity index (χ1) is 54.8. The summed E-state index contributed by atoms with van der Waals surface area (Å²) in [5.41, 5.74) is 11.9. The zero-order chi connectivity index (χ0) is 84.0. The second-order valence-corrected chi connectivity index (χ2v) is 25.9. The average molecular weight is 1700 g/mol. The minimum atomic E-state index is -1.06. The number of carbonyl (C=O) groups is 5. The number of halogens is 3. The second-order valence-electron chi connectivity index (χ2n) is 24.0. The van der Waals surface area contributed by atoms with Crippen LogP contribution in [0, 0.1) is 80.9 Å². The molecule has 5 aromatic heterocycles. The summed E-state index contributed by atoms with van der Waals surface area (Å²) in [6.07, 6.45) is 22.2. The zero-order valence-electron chi connectivity index (χ0n) is 62.4. The number of amides is 1. The summed E-state index contributed by atoms with van der Waals surface area (Å²) >= 11 is 6.18. The van der Waals surface area contributed by atoms with Crippen molar-refractivity contribution < 1.29 is 67.4 Å². The number of nitrogens with zero attached hydrogens (tertiary/aromatic N) is 14. The molecule has 12 aromatic rings. The van der Waals surface area contributed by atoms with Crippen LogP contribution in [0.3, 0.4) is 0 Å².